The van der Waals surface area contributed by atoms with Gasteiger partial charge in [-0.15, -0.1) is 4.91 Å². The fraction of sp³-hybridized carbons (Fsp3) is 0.455. The van der Waals surface area contributed by atoms with Crippen LogP contribution in [0.5, 0.6) is 0 Å². The minimum absolute atomic E-state index is 0.0585. The average molecular weight is 250 g/mol. The van der Waals surface area contributed by atoms with Gasteiger partial charge in [-0.3, -0.25) is 0 Å². The molecular formula is C11H14N4O3. The molecule has 0 saturated carbocycles. The average Bonchev–Trinajstić information content (AvgIpc) is 2.67. The summed E-state index contributed by atoms with van der Waals surface area (Å²) in [5.74, 6) is -1.34. The molecule has 0 bridgehead atoms. The van der Waals surface area contributed by atoms with E-state index in [1.807, 2.05) is 6.92 Å². The maximum Gasteiger partial charge on any atom is 0.358 e. The first-order valence-corrected chi connectivity index (χ1v) is 5.64. The highest BCUT2D eigenvalue weighted by Crippen LogP contribution is 2.34. The SMILES string of the molecule is CC1=CCC(n2nc(C(=O)O)c(N)c2N=O)CC1. The number of aromatic nitrogens is 2. The zero-order valence-corrected chi connectivity index (χ0v) is 9.96. The molecule has 1 heterocycles. The first-order chi connectivity index (χ1) is 8.54. The van der Waals surface area contributed by atoms with Gasteiger partial charge in [0, 0.05) is 0 Å². The Hall–Kier alpha value is -2.18. The third-order valence-corrected chi connectivity index (χ3v) is 3.17. The first-order valence-electron chi connectivity index (χ1n) is 5.64. The largest absolute Gasteiger partial charge is 0.476 e. The van der Waals surface area contributed by atoms with Gasteiger partial charge in [-0.05, 0) is 31.4 Å². The Morgan fingerprint density at radius 3 is 2.89 bits per heavy atom. The van der Waals surface area contributed by atoms with Crippen molar-refractivity contribution in [3.8, 4) is 0 Å². The molecule has 0 radical (unpaired) electrons. The summed E-state index contributed by atoms with van der Waals surface area (Å²) in [6, 6.07) is -0.0585. The van der Waals surface area contributed by atoms with Gasteiger partial charge in [0.05, 0.1) is 6.04 Å². The van der Waals surface area contributed by atoms with Crippen molar-refractivity contribution in [1.82, 2.24) is 9.78 Å². The summed E-state index contributed by atoms with van der Waals surface area (Å²) in [6.07, 6.45) is 4.45. The van der Waals surface area contributed by atoms with Gasteiger partial charge < -0.3 is 10.8 Å². The lowest BCUT2D eigenvalue weighted by Crippen LogP contribution is -2.13. The number of nitrogen functional groups attached to an aromatic ring is 1. The maximum atomic E-state index is 10.9. The third kappa shape index (κ3) is 1.99. The van der Waals surface area contributed by atoms with Crippen LogP contribution < -0.4 is 5.73 Å². The molecule has 1 aliphatic carbocycles. The maximum absolute atomic E-state index is 10.9. The van der Waals surface area contributed by atoms with Crippen molar-refractivity contribution in [2.75, 3.05) is 5.73 Å². The van der Waals surface area contributed by atoms with Gasteiger partial charge in [0.2, 0.25) is 5.82 Å². The Labute approximate surface area is 103 Å². The molecule has 1 aromatic heterocycles. The van der Waals surface area contributed by atoms with Crippen molar-refractivity contribution in [2.24, 2.45) is 5.18 Å². The topological polar surface area (TPSA) is 111 Å². The van der Waals surface area contributed by atoms with E-state index in [1.165, 1.54) is 10.3 Å². The lowest BCUT2D eigenvalue weighted by Gasteiger charge is -2.21. The number of hydrogen-bond donors (Lipinski definition) is 2. The van der Waals surface area contributed by atoms with Crippen LogP contribution in [0.2, 0.25) is 0 Å². The normalized spacial score (nSPS) is 19.4. The van der Waals surface area contributed by atoms with Crippen LogP contribution in [-0.2, 0) is 0 Å². The summed E-state index contributed by atoms with van der Waals surface area (Å²) >= 11 is 0. The smallest absolute Gasteiger partial charge is 0.358 e. The predicted molar refractivity (Wildman–Crippen MR) is 65.7 cm³/mol. The zero-order chi connectivity index (χ0) is 13.3. The highest BCUT2D eigenvalue weighted by molar-refractivity contribution is 5.94. The van der Waals surface area contributed by atoms with E-state index in [-0.39, 0.29) is 23.2 Å². The minimum Gasteiger partial charge on any atom is -0.476 e. The summed E-state index contributed by atoms with van der Waals surface area (Å²) in [5, 5.41) is 15.6. The van der Waals surface area contributed by atoms with Gasteiger partial charge in [-0.1, -0.05) is 11.6 Å². The summed E-state index contributed by atoms with van der Waals surface area (Å²) in [7, 11) is 0. The van der Waals surface area contributed by atoms with E-state index in [9.17, 15) is 9.70 Å². The molecule has 0 amide bonds. The molecule has 0 fully saturated rings. The number of carboxylic acid groups (broad SMARTS) is 1. The summed E-state index contributed by atoms with van der Waals surface area (Å²) in [6.45, 7) is 2.04. The van der Waals surface area contributed by atoms with E-state index in [1.54, 1.807) is 0 Å². The molecule has 0 saturated heterocycles. The van der Waals surface area contributed by atoms with E-state index in [0.717, 1.165) is 12.8 Å². The van der Waals surface area contributed by atoms with Gasteiger partial charge in [-0.2, -0.15) is 5.10 Å². The van der Waals surface area contributed by atoms with Crippen molar-refractivity contribution in [3.05, 3.63) is 22.3 Å². The number of nitroso groups, excluding NO2 is 1. The minimum atomic E-state index is -1.25. The van der Waals surface area contributed by atoms with Crippen molar-refractivity contribution < 1.29 is 9.90 Å². The molecule has 96 valence electrons. The third-order valence-electron chi connectivity index (χ3n) is 3.17. The van der Waals surface area contributed by atoms with E-state index in [2.05, 4.69) is 16.4 Å². The van der Waals surface area contributed by atoms with Crippen LogP contribution >= 0.6 is 0 Å². The van der Waals surface area contributed by atoms with Crippen LogP contribution in [0.15, 0.2) is 16.8 Å². The van der Waals surface area contributed by atoms with Crippen LogP contribution in [0, 0.1) is 4.91 Å². The molecule has 1 atom stereocenters. The molecule has 0 spiro atoms. The second-order valence-electron chi connectivity index (χ2n) is 4.41. The van der Waals surface area contributed by atoms with Crippen LogP contribution in [-0.4, -0.2) is 20.9 Å². The molecule has 3 N–H and O–H groups in total. The van der Waals surface area contributed by atoms with Gasteiger partial charge in [0.25, 0.3) is 0 Å². The highest BCUT2D eigenvalue weighted by Gasteiger charge is 2.26. The molecule has 7 nitrogen and oxygen atoms in total. The molecule has 1 aliphatic rings. The molecule has 18 heavy (non-hydrogen) atoms. The van der Waals surface area contributed by atoms with E-state index in [4.69, 9.17) is 10.8 Å². The standard InChI is InChI=1S/C11H14N4O3/c1-6-2-4-7(5-3-6)15-10(14-18)8(12)9(13-15)11(16)17/h2,7H,3-5,12H2,1H3,(H,16,17). The van der Waals surface area contributed by atoms with Crippen molar-refractivity contribution >= 4 is 17.5 Å². The molecule has 1 aromatic rings. The lowest BCUT2D eigenvalue weighted by molar-refractivity contribution is 0.0690. The summed E-state index contributed by atoms with van der Waals surface area (Å²) in [5.41, 5.74) is 6.39. The second kappa shape index (κ2) is 4.59. The summed E-state index contributed by atoms with van der Waals surface area (Å²) < 4.78 is 1.34. The van der Waals surface area contributed by atoms with Gasteiger partial charge in [-0.25, -0.2) is 9.48 Å². The van der Waals surface area contributed by atoms with Crippen LogP contribution in [0.25, 0.3) is 0 Å². The van der Waals surface area contributed by atoms with Crippen molar-refractivity contribution in [2.45, 2.75) is 32.2 Å². The Kier molecular flexibility index (Phi) is 3.14. The van der Waals surface area contributed by atoms with E-state index >= 15 is 0 Å². The van der Waals surface area contributed by atoms with Crippen LogP contribution in [0.1, 0.15) is 42.7 Å². The number of nitrogens with two attached hydrogens (primary N) is 1. The Balaban J connectivity index is 2.41. The van der Waals surface area contributed by atoms with Crippen molar-refractivity contribution in [3.63, 3.8) is 0 Å². The quantitative estimate of drug-likeness (QED) is 0.631. The number of carbonyl (C=O) groups is 1. The number of nitrogens with zero attached hydrogens (tertiary/aromatic N) is 3. The van der Waals surface area contributed by atoms with Gasteiger partial charge >= 0.3 is 5.97 Å². The Morgan fingerprint density at radius 2 is 2.39 bits per heavy atom. The Bertz CT molecular complexity index is 533. The van der Waals surface area contributed by atoms with Crippen molar-refractivity contribution in [1.29, 1.82) is 0 Å². The monoisotopic (exact) mass is 250 g/mol. The predicted octanol–water partition coefficient (Wildman–Crippen LogP) is 2.23. The first kappa shape index (κ1) is 12.3. The lowest BCUT2D eigenvalue weighted by atomic mass is 9.96. The summed E-state index contributed by atoms with van der Waals surface area (Å²) in [4.78, 5) is 21.7. The molecule has 0 aliphatic heterocycles. The van der Waals surface area contributed by atoms with E-state index in [0.29, 0.717) is 6.42 Å². The molecule has 0 aromatic carbocycles. The molecule has 1 unspecified atom stereocenters. The van der Waals surface area contributed by atoms with Gasteiger partial charge in [0.15, 0.2) is 5.69 Å². The number of anilines is 1. The number of aromatic carboxylic acids is 1. The second-order valence-corrected chi connectivity index (χ2v) is 4.41. The van der Waals surface area contributed by atoms with E-state index < -0.39 is 5.97 Å². The fourth-order valence-electron chi connectivity index (χ4n) is 2.12. The molecule has 7 heteroatoms. The number of rotatable bonds is 3. The number of hydrogen-bond acceptors (Lipinski definition) is 5. The fourth-order valence-corrected chi connectivity index (χ4v) is 2.12. The molecule has 2 rings (SSSR count). The van der Waals surface area contributed by atoms with Gasteiger partial charge in [0.1, 0.15) is 5.69 Å². The Morgan fingerprint density at radius 1 is 1.67 bits per heavy atom. The zero-order valence-electron chi connectivity index (χ0n) is 9.96. The molecular weight excluding hydrogens is 236 g/mol. The number of carboxylic acids is 1. The highest BCUT2D eigenvalue weighted by atomic mass is 16.4. The number of allylic oxidation sites excluding steroid dienone is 2. The van der Waals surface area contributed by atoms with Crippen LogP contribution in [0.3, 0.4) is 0 Å². The van der Waals surface area contributed by atoms with Crippen LogP contribution in [0.4, 0.5) is 11.5 Å².